The van der Waals surface area contributed by atoms with Crippen molar-refractivity contribution >= 4 is 45.9 Å². The number of hydrogen-bond donors (Lipinski definition) is 1. The predicted molar refractivity (Wildman–Crippen MR) is 299 cm³/mol. The number of aliphatic hydroxyl groups is 1. The van der Waals surface area contributed by atoms with E-state index in [0.717, 1.165) is 56.8 Å². The zero-order valence-electron chi connectivity index (χ0n) is 51.8. The number of hydrogen-bond acceptors (Lipinski definition) is 16. The minimum Gasteiger partial charge on any atom is -0.462 e. The van der Waals surface area contributed by atoms with E-state index in [2.05, 4.69) is 41.5 Å². The van der Waals surface area contributed by atoms with Gasteiger partial charge in [-0.05, 0) is 215 Å². The molecule has 9 rings (SSSR count). The first-order valence-corrected chi connectivity index (χ1v) is 31.5. The quantitative estimate of drug-likeness (QED) is 0.0812. The van der Waals surface area contributed by atoms with E-state index in [-0.39, 0.29) is 71.3 Å². The average molecular weight is 1140 g/mol. The van der Waals surface area contributed by atoms with Crippen LogP contribution < -0.4 is 0 Å². The van der Waals surface area contributed by atoms with Crippen LogP contribution in [0.4, 0.5) is 0 Å². The number of ether oxygens (including phenoxy) is 6. The molecule has 79 heavy (non-hydrogen) atoms. The molecule has 9 fully saturated rings. The summed E-state index contributed by atoms with van der Waals surface area (Å²) in [6, 6.07) is 0. The Hall–Kier alpha value is -3.31. The van der Waals surface area contributed by atoms with Gasteiger partial charge in [0.25, 0.3) is 10.1 Å². The number of carbonyl (C=O) groups excluding carboxylic acids is 6. The van der Waals surface area contributed by atoms with Crippen LogP contribution in [0, 0.1) is 68.5 Å². The van der Waals surface area contributed by atoms with Crippen LogP contribution in [0.15, 0.2) is 0 Å². The molecule has 2 saturated heterocycles. The Balaban J connectivity index is 0.000000197. The lowest BCUT2D eigenvalue weighted by atomic mass is 9.44. The van der Waals surface area contributed by atoms with Gasteiger partial charge in [0.2, 0.25) is 0 Å². The molecule has 0 aromatic heterocycles. The second-order valence-electron chi connectivity index (χ2n) is 29.1. The van der Waals surface area contributed by atoms with E-state index in [0.29, 0.717) is 43.4 Å². The van der Waals surface area contributed by atoms with E-state index >= 15 is 0 Å². The SMILES string of the molecule is CCC(C)(C)C(=O)OC(C)(C)C12CC3CC(CC(O)(C3)C1)C2.CCC(C)(C)C(=O)OC(C)(C)C1CCC(C(C)C)CC1.CCC(C)(C)C(=O)OC1COC(=O)C1.CCC(C)(C)C(=O)OCC(=O)OC1C2CC3C1OS(=O)(=O)C3C2. The highest BCUT2D eigenvalue weighted by Gasteiger charge is 2.66. The Morgan fingerprint density at radius 2 is 1.18 bits per heavy atom. The third-order valence-electron chi connectivity index (χ3n) is 20.6. The Morgan fingerprint density at radius 3 is 1.66 bits per heavy atom. The molecular formula is C62H104O16S. The van der Waals surface area contributed by atoms with Gasteiger partial charge in [-0.2, -0.15) is 8.42 Å². The third-order valence-corrected chi connectivity index (χ3v) is 22.3. The van der Waals surface area contributed by atoms with Crippen LogP contribution in [0.2, 0.25) is 0 Å². The van der Waals surface area contributed by atoms with Crippen molar-refractivity contribution in [2.45, 2.75) is 274 Å². The van der Waals surface area contributed by atoms with Gasteiger partial charge in [-0.3, -0.25) is 28.2 Å². The summed E-state index contributed by atoms with van der Waals surface area (Å²) in [6.07, 6.45) is 13.9. The summed E-state index contributed by atoms with van der Waals surface area (Å²) in [5.41, 5.74) is -3.30. The fourth-order valence-electron chi connectivity index (χ4n) is 13.3. The molecule has 16 nitrogen and oxygen atoms in total. The minimum absolute atomic E-state index is 0.0130. The molecule has 0 aromatic rings. The molecule has 8 unspecified atom stereocenters. The summed E-state index contributed by atoms with van der Waals surface area (Å²) >= 11 is 0. The second-order valence-corrected chi connectivity index (χ2v) is 30.9. The Morgan fingerprint density at radius 1 is 0.671 bits per heavy atom. The molecule has 1 N–H and O–H groups in total. The Bertz CT molecular complexity index is 2270. The predicted octanol–water partition coefficient (Wildman–Crippen LogP) is 11.6. The van der Waals surface area contributed by atoms with Crippen LogP contribution >= 0.6 is 0 Å². The topological polar surface area (TPSA) is 221 Å². The fraction of sp³-hybridized carbons (Fsp3) is 0.903. The lowest BCUT2D eigenvalue weighted by Gasteiger charge is -2.64. The van der Waals surface area contributed by atoms with Gasteiger partial charge in [-0.25, -0.2) is 4.79 Å². The summed E-state index contributed by atoms with van der Waals surface area (Å²) in [6.45, 7) is 35.6. The third kappa shape index (κ3) is 15.7. The maximum atomic E-state index is 12.6. The first-order chi connectivity index (χ1) is 36.2. The van der Waals surface area contributed by atoms with Gasteiger partial charge in [0, 0.05) is 17.3 Å². The van der Waals surface area contributed by atoms with Crippen molar-refractivity contribution in [3.8, 4) is 0 Å². The summed E-state index contributed by atoms with van der Waals surface area (Å²) < 4.78 is 61.0. The summed E-state index contributed by atoms with van der Waals surface area (Å²) in [4.78, 5) is 71.0. The van der Waals surface area contributed by atoms with Crippen LogP contribution in [0.1, 0.15) is 234 Å². The van der Waals surface area contributed by atoms with Crippen molar-refractivity contribution in [1.29, 1.82) is 0 Å². The van der Waals surface area contributed by atoms with E-state index in [1.807, 2.05) is 69.2 Å². The van der Waals surface area contributed by atoms with E-state index in [1.165, 1.54) is 32.1 Å². The van der Waals surface area contributed by atoms with Gasteiger partial charge >= 0.3 is 35.8 Å². The summed E-state index contributed by atoms with van der Waals surface area (Å²) in [5, 5.41) is 10.5. The van der Waals surface area contributed by atoms with Crippen LogP contribution in [0.25, 0.3) is 0 Å². The number of cyclic esters (lactones) is 1. The smallest absolute Gasteiger partial charge is 0.344 e. The largest absolute Gasteiger partial charge is 0.462 e. The van der Waals surface area contributed by atoms with Crippen LogP contribution in [0.3, 0.4) is 0 Å². The van der Waals surface area contributed by atoms with Gasteiger partial charge in [0.1, 0.15) is 36.1 Å². The van der Waals surface area contributed by atoms with Crippen molar-refractivity contribution in [3.63, 3.8) is 0 Å². The molecule has 0 spiro atoms. The van der Waals surface area contributed by atoms with Gasteiger partial charge in [0.15, 0.2) is 6.61 Å². The van der Waals surface area contributed by atoms with Gasteiger partial charge in [-0.1, -0.05) is 41.5 Å². The monoisotopic (exact) mass is 1140 g/mol. The van der Waals surface area contributed by atoms with Crippen molar-refractivity contribution in [3.05, 3.63) is 0 Å². The highest BCUT2D eigenvalue weighted by Crippen LogP contribution is 2.66. The molecule has 2 aliphatic heterocycles. The standard InChI is InChI=1S/C19H32O3.C18H34O2.C15H22O7S.C10H16O4/c1-6-16(2,3)15(20)22-17(4,5)18-8-13-7-14(9-18)11-19(21,10-13)12-18;1-8-17(4,5)16(19)20-18(6,7)15-11-9-14(10-12-15)13(2)3;1-4-15(2,3)14(17)20-7-11(16)21-12-8-5-9-10(6-8)23(18,19)22-13(9)12;1-4-10(2,3)9(12)14-7-5-8(11)13-6-7/h13-14,21H,6-12H2,1-5H3;13-15H,8-12H2,1-7H3;8-10,12-13H,4-7H2,1-3H3;7H,4-6H2,1-3H3. The zero-order valence-corrected chi connectivity index (χ0v) is 52.6. The van der Waals surface area contributed by atoms with Gasteiger partial charge in [0.05, 0.1) is 38.9 Å². The molecule has 454 valence electrons. The lowest BCUT2D eigenvalue weighted by Crippen LogP contribution is -2.63. The first-order valence-electron chi connectivity index (χ1n) is 30.1. The van der Waals surface area contributed by atoms with Crippen LogP contribution in [-0.4, -0.2) is 103 Å². The van der Waals surface area contributed by atoms with Crippen molar-refractivity contribution < 1.29 is 74.9 Å². The molecule has 7 saturated carbocycles. The van der Waals surface area contributed by atoms with Crippen LogP contribution in [-0.2, 0) is 71.5 Å². The molecular weight excluding hydrogens is 1030 g/mol. The van der Waals surface area contributed by atoms with Gasteiger partial charge < -0.3 is 33.5 Å². The second kappa shape index (κ2) is 24.9. The number of rotatable bonds is 17. The molecule has 0 aromatic carbocycles. The molecule has 7 aliphatic carbocycles. The summed E-state index contributed by atoms with van der Waals surface area (Å²) in [7, 11) is -3.53. The van der Waals surface area contributed by atoms with Crippen molar-refractivity contribution in [2.75, 3.05) is 13.2 Å². The molecule has 8 atom stereocenters. The van der Waals surface area contributed by atoms with Crippen molar-refractivity contribution in [1.82, 2.24) is 0 Å². The van der Waals surface area contributed by atoms with E-state index in [9.17, 15) is 42.3 Å². The minimum atomic E-state index is -3.53. The molecule has 0 amide bonds. The van der Waals surface area contributed by atoms with E-state index in [4.69, 9.17) is 32.6 Å². The van der Waals surface area contributed by atoms with Crippen molar-refractivity contribution in [2.24, 2.45) is 68.5 Å². The highest BCUT2D eigenvalue weighted by atomic mass is 32.2. The van der Waals surface area contributed by atoms with Gasteiger partial charge in [-0.15, -0.1) is 0 Å². The molecule has 0 radical (unpaired) electrons. The molecule has 9 aliphatic rings. The average Bonchev–Trinajstić information content (AvgIpc) is 4.26. The molecule has 17 heteroatoms. The molecule has 2 heterocycles. The summed E-state index contributed by atoms with van der Waals surface area (Å²) in [5.74, 6) is 1.49. The van der Waals surface area contributed by atoms with E-state index in [1.54, 1.807) is 13.8 Å². The normalized spacial score (nSPS) is 32.3. The maximum Gasteiger partial charge on any atom is 0.344 e. The molecule has 6 bridgehead atoms. The fourth-order valence-corrected chi connectivity index (χ4v) is 15.2. The number of fused-ring (bicyclic) bond motifs is 1. The highest BCUT2D eigenvalue weighted by molar-refractivity contribution is 7.87. The lowest BCUT2D eigenvalue weighted by molar-refractivity contribution is -0.236. The first kappa shape index (κ1) is 66.5. The maximum absolute atomic E-state index is 12.6. The number of esters is 6. The Labute approximate surface area is 474 Å². The number of carbonyl (C=O) groups is 6. The van der Waals surface area contributed by atoms with Crippen LogP contribution in [0.5, 0.6) is 0 Å². The Kier molecular flexibility index (Phi) is 20.9. The zero-order chi connectivity index (χ0) is 59.7. The van der Waals surface area contributed by atoms with E-state index < -0.39 is 73.6 Å².